The minimum atomic E-state index is -0.301. The van der Waals surface area contributed by atoms with Crippen LogP contribution in [0.2, 0.25) is 5.02 Å². The van der Waals surface area contributed by atoms with Gasteiger partial charge >= 0.3 is 0 Å². The second kappa shape index (κ2) is 10.3. The summed E-state index contributed by atoms with van der Waals surface area (Å²) in [4.78, 5) is 24.1. The molecule has 2 rings (SSSR count). The lowest BCUT2D eigenvalue weighted by molar-refractivity contribution is -0.120. The second-order valence-corrected chi connectivity index (χ2v) is 6.42. The van der Waals surface area contributed by atoms with Crippen LogP contribution in [0.1, 0.15) is 18.9 Å². The highest BCUT2D eigenvalue weighted by molar-refractivity contribution is 6.30. The predicted octanol–water partition coefficient (Wildman–Crippen LogP) is 3.42. The Labute approximate surface area is 168 Å². The predicted molar refractivity (Wildman–Crippen MR) is 109 cm³/mol. The minimum Gasteiger partial charge on any atom is -0.493 e. The summed E-state index contributed by atoms with van der Waals surface area (Å²) in [6, 6.07) is 12.0. The van der Waals surface area contributed by atoms with Crippen molar-refractivity contribution in [1.82, 2.24) is 5.43 Å². The quantitative estimate of drug-likeness (QED) is 0.522. The van der Waals surface area contributed by atoms with Crippen molar-refractivity contribution in [3.05, 3.63) is 53.1 Å². The number of nitrogens with zero attached hydrogens (tertiary/aromatic N) is 1. The Morgan fingerprint density at radius 1 is 1.00 bits per heavy atom. The van der Waals surface area contributed by atoms with E-state index in [1.54, 1.807) is 56.5 Å². The van der Waals surface area contributed by atoms with Crippen molar-refractivity contribution in [3.63, 3.8) is 0 Å². The maximum Gasteiger partial charge on any atom is 0.244 e. The molecule has 0 heterocycles. The maximum absolute atomic E-state index is 12.1. The van der Waals surface area contributed by atoms with Gasteiger partial charge in [0.15, 0.2) is 11.5 Å². The third-order valence-corrected chi connectivity index (χ3v) is 3.98. The van der Waals surface area contributed by atoms with E-state index >= 15 is 0 Å². The van der Waals surface area contributed by atoms with Crippen molar-refractivity contribution in [2.75, 3.05) is 19.5 Å². The van der Waals surface area contributed by atoms with Crippen LogP contribution in [0.5, 0.6) is 11.5 Å². The fourth-order valence-corrected chi connectivity index (χ4v) is 2.51. The molecule has 28 heavy (non-hydrogen) atoms. The first-order valence-corrected chi connectivity index (χ1v) is 8.87. The molecule has 2 N–H and O–H groups in total. The average Bonchev–Trinajstić information content (AvgIpc) is 2.68. The molecular weight excluding hydrogens is 382 g/mol. The van der Waals surface area contributed by atoms with E-state index in [0.717, 1.165) is 5.56 Å². The lowest BCUT2D eigenvalue weighted by Gasteiger charge is -2.09. The molecule has 7 nitrogen and oxygen atoms in total. The SMILES string of the molecule is COc1ccc(CC(=O)N/N=C(/C)CC(=O)Nc2ccc(Cl)cc2)cc1OC. The van der Waals surface area contributed by atoms with Crippen molar-refractivity contribution in [1.29, 1.82) is 0 Å². The molecule has 0 saturated heterocycles. The smallest absolute Gasteiger partial charge is 0.244 e. The Bertz CT molecular complexity index is 866. The summed E-state index contributed by atoms with van der Waals surface area (Å²) in [6.45, 7) is 1.66. The molecule has 0 unspecified atom stereocenters. The van der Waals surface area contributed by atoms with Crippen LogP contribution >= 0.6 is 11.6 Å². The normalized spacial score (nSPS) is 10.9. The van der Waals surface area contributed by atoms with Gasteiger partial charge in [-0.05, 0) is 48.9 Å². The number of hydrogen-bond donors (Lipinski definition) is 2. The summed E-state index contributed by atoms with van der Waals surface area (Å²) in [5.41, 5.74) is 4.32. The summed E-state index contributed by atoms with van der Waals surface area (Å²) in [5, 5.41) is 7.30. The van der Waals surface area contributed by atoms with Crippen LogP contribution in [0, 0.1) is 0 Å². The van der Waals surface area contributed by atoms with Crippen molar-refractivity contribution < 1.29 is 19.1 Å². The second-order valence-electron chi connectivity index (χ2n) is 5.98. The van der Waals surface area contributed by atoms with E-state index in [1.165, 1.54) is 7.11 Å². The van der Waals surface area contributed by atoms with Gasteiger partial charge < -0.3 is 14.8 Å². The molecule has 0 aliphatic rings. The molecule has 2 amide bonds. The molecule has 2 aromatic rings. The molecular formula is C20H22ClN3O4. The van der Waals surface area contributed by atoms with E-state index in [4.69, 9.17) is 21.1 Å². The minimum absolute atomic E-state index is 0.0548. The zero-order valence-corrected chi connectivity index (χ0v) is 16.7. The summed E-state index contributed by atoms with van der Waals surface area (Å²) in [5.74, 6) is 0.598. The Morgan fingerprint density at radius 2 is 1.68 bits per heavy atom. The van der Waals surface area contributed by atoms with E-state index in [0.29, 0.717) is 27.9 Å². The highest BCUT2D eigenvalue weighted by Gasteiger charge is 2.09. The van der Waals surface area contributed by atoms with E-state index in [1.807, 2.05) is 0 Å². The Kier molecular flexibility index (Phi) is 7.83. The summed E-state index contributed by atoms with van der Waals surface area (Å²) in [6.07, 6.45) is 0.174. The number of amides is 2. The largest absolute Gasteiger partial charge is 0.493 e. The number of methoxy groups -OCH3 is 2. The van der Waals surface area contributed by atoms with Crippen LogP contribution in [-0.2, 0) is 16.0 Å². The molecule has 0 spiro atoms. The number of hydrazone groups is 1. The molecule has 0 atom stereocenters. The van der Waals surface area contributed by atoms with Crippen LogP contribution in [0.15, 0.2) is 47.6 Å². The Morgan fingerprint density at radius 3 is 2.32 bits per heavy atom. The molecule has 2 aromatic carbocycles. The zero-order chi connectivity index (χ0) is 20.5. The van der Waals surface area contributed by atoms with Gasteiger partial charge in [0.25, 0.3) is 0 Å². The van der Waals surface area contributed by atoms with Crippen LogP contribution in [0.4, 0.5) is 5.69 Å². The first-order valence-electron chi connectivity index (χ1n) is 8.49. The van der Waals surface area contributed by atoms with Crippen molar-refractivity contribution in [2.45, 2.75) is 19.8 Å². The summed E-state index contributed by atoms with van der Waals surface area (Å²) < 4.78 is 10.4. The van der Waals surface area contributed by atoms with E-state index < -0.39 is 0 Å². The number of nitrogens with one attached hydrogen (secondary N) is 2. The number of rotatable bonds is 8. The van der Waals surface area contributed by atoms with Gasteiger partial charge in [-0.1, -0.05) is 17.7 Å². The van der Waals surface area contributed by atoms with Crippen LogP contribution in [-0.4, -0.2) is 31.7 Å². The highest BCUT2D eigenvalue weighted by Crippen LogP contribution is 2.27. The van der Waals surface area contributed by atoms with Gasteiger partial charge in [0.05, 0.1) is 27.1 Å². The monoisotopic (exact) mass is 403 g/mol. The molecule has 0 bridgehead atoms. The molecule has 0 radical (unpaired) electrons. The van der Waals surface area contributed by atoms with Gasteiger partial charge in [-0.25, -0.2) is 5.43 Å². The molecule has 0 aliphatic heterocycles. The van der Waals surface area contributed by atoms with Gasteiger partial charge in [0, 0.05) is 16.4 Å². The third kappa shape index (κ3) is 6.59. The molecule has 0 aliphatic carbocycles. The molecule has 8 heteroatoms. The van der Waals surface area contributed by atoms with Crippen LogP contribution in [0.25, 0.3) is 0 Å². The number of carbonyl (C=O) groups is 2. The van der Waals surface area contributed by atoms with Gasteiger partial charge in [-0.3, -0.25) is 9.59 Å². The first-order chi connectivity index (χ1) is 13.4. The third-order valence-electron chi connectivity index (χ3n) is 3.73. The topological polar surface area (TPSA) is 89.0 Å². The van der Waals surface area contributed by atoms with E-state index in [2.05, 4.69) is 15.8 Å². The van der Waals surface area contributed by atoms with Gasteiger partial charge in [0.2, 0.25) is 11.8 Å². The van der Waals surface area contributed by atoms with Crippen molar-refractivity contribution in [3.8, 4) is 11.5 Å². The average molecular weight is 404 g/mol. The maximum atomic E-state index is 12.1. The van der Waals surface area contributed by atoms with Gasteiger partial charge in [-0.2, -0.15) is 5.10 Å². The van der Waals surface area contributed by atoms with Crippen LogP contribution in [0.3, 0.4) is 0 Å². The number of anilines is 1. The van der Waals surface area contributed by atoms with Gasteiger partial charge in [0.1, 0.15) is 0 Å². The fraction of sp³-hybridized carbons (Fsp3) is 0.250. The molecule has 0 fully saturated rings. The number of ether oxygens (including phenoxy) is 2. The molecule has 148 valence electrons. The van der Waals surface area contributed by atoms with Crippen molar-refractivity contribution in [2.24, 2.45) is 5.10 Å². The van der Waals surface area contributed by atoms with Crippen LogP contribution < -0.4 is 20.2 Å². The summed E-state index contributed by atoms with van der Waals surface area (Å²) in [7, 11) is 3.08. The number of halogens is 1. The zero-order valence-electron chi connectivity index (χ0n) is 15.9. The first kappa shape index (κ1) is 21.2. The van der Waals surface area contributed by atoms with Gasteiger partial charge in [-0.15, -0.1) is 0 Å². The number of hydrogen-bond acceptors (Lipinski definition) is 5. The number of carbonyl (C=O) groups excluding carboxylic acids is 2. The summed E-state index contributed by atoms with van der Waals surface area (Å²) >= 11 is 5.81. The number of benzene rings is 2. The Hall–Kier alpha value is -3.06. The fourth-order valence-electron chi connectivity index (χ4n) is 2.38. The highest BCUT2D eigenvalue weighted by atomic mass is 35.5. The molecule has 0 saturated carbocycles. The van der Waals surface area contributed by atoms with E-state index in [9.17, 15) is 9.59 Å². The standard InChI is InChI=1S/C20H22ClN3O4/c1-13(10-19(25)22-16-7-5-15(21)6-8-16)23-24-20(26)12-14-4-9-17(27-2)18(11-14)28-3/h4-9,11H,10,12H2,1-3H3,(H,22,25)(H,24,26)/b23-13-. The lowest BCUT2D eigenvalue weighted by atomic mass is 10.1. The molecule has 0 aromatic heterocycles. The Balaban J connectivity index is 1.85. The van der Waals surface area contributed by atoms with Crippen molar-refractivity contribution >= 4 is 34.8 Å². The lowest BCUT2D eigenvalue weighted by Crippen LogP contribution is -2.22. The van der Waals surface area contributed by atoms with E-state index in [-0.39, 0.29) is 24.7 Å².